The molecule has 43 heavy (non-hydrogen) atoms. The van der Waals surface area contributed by atoms with E-state index in [1.807, 2.05) is 65.8 Å². The maximum absolute atomic E-state index is 11.3. The Morgan fingerprint density at radius 1 is 0.512 bits per heavy atom. The Kier molecular flexibility index (Phi) is 18.0. The van der Waals surface area contributed by atoms with E-state index in [-0.39, 0.29) is 19.5 Å². The Bertz CT molecular complexity index is 1070. The third-order valence-corrected chi connectivity index (χ3v) is 7.03. The van der Waals surface area contributed by atoms with Crippen LogP contribution in [-0.4, -0.2) is 23.6 Å². The Labute approximate surface area is 284 Å². The molecule has 0 amide bonds. The van der Waals surface area contributed by atoms with E-state index in [1.165, 1.54) is 0 Å². The molecule has 2 rings (SSSR count). The van der Waals surface area contributed by atoms with Crippen molar-refractivity contribution in [2.45, 2.75) is 81.1 Å². The van der Waals surface area contributed by atoms with Crippen molar-refractivity contribution in [1.82, 2.24) is 0 Å². The van der Waals surface area contributed by atoms with Crippen LogP contribution >= 0.6 is 9.69 Å². The fraction of sp³-hybridized carbons (Fsp3) is 0.500. The molecule has 0 bridgehead atoms. The Morgan fingerprint density at radius 3 is 0.814 bits per heavy atom. The number of hydrogen-bond acceptors (Lipinski definition) is 8. The molecule has 0 atom stereocenters. The van der Waals surface area contributed by atoms with E-state index >= 15 is 0 Å². The summed E-state index contributed by atoms with van der Waals surface area (Å²) in [5.74, 6) is -2.32. The van der Waals surface area contributed by atoms with Crippen LogP contribution in [0.1, 0.15) is 77.6 Å². The van der Waals surface area contributed by atoms with Crippen LogP contribution in [0.25, 0.3) is 0 Å². The molecule has 2 aromatic rings. The molecular weight excluding hydrogens is 746 g/mol. The largest absolute Gasteiger partial charge is 2.00 e. The van der Waals surface area contributed by atoms with Gasteiger partial charge in [-0.2, -0.15) is 0 Å². The van der Waals surface area contributed by atoms with Crippen LogP contribution in [0.2, 0.25) is 0 Å². The summed E-state index contributed by atoms with van der Waals surface area (Å²) in [7, 11) is 4.53. The molecule has 1 radical (unpaired) electrons. The summed E-state index contributed by atoms with van der Waals surface area (Å²) in [6.45, 7) is 14.0. The quantitative estimate of drug-likeness (QED) is 0.145. The standard InChI is InChI=1S/2C16H24N2O2.ClH.2Rh/c2*1-15(2,13(17)19)9-11-6-5-7-12(8-11)10-16(3,4)14(18)20;;;/h2*5-8H,9-10H2,1-4H3,(H2,17,19)(H2,18,20);1H;;/q;;;+2;+3/p-5. The van der Waals surface area contributed by atoms with Crippen LogP contribution in [0, 0.1) is 43.3 Å². The van der Waals surface area contributed by atoms with Crippen molar-refractivity contribution in [2.24, 2.45) is 21.7 Å². The molecule has 241 valence electrons. The Hall–Kier alpha value is -2.14. The van der Waals surface area contributed by atoms with Gasteiger partial charge in [-0.15, -0.1) is 0 Å². The van der Waals surface area contributed by atoms with Gasteiger partial charge < -0.3 is 42.1 Å². The zero-order valence-electron chi connectivity index (χ0n) is 26.1. The third-order valence-electron chi connectivity index (χ3n) is 7.03. The molecule has 0 aliphatic rings. The topological polar surface area (TPSA) is 188 Å². The van der Waals surface area contributed by atoms with Crippen LogP contribution in [0.4, 0.5) is 0 Å². The van der Waals surface area contributed by atoms with E-state index in [0.717, 1.165) is 22.3 Å². The minimum Gasteiger partial charge on any atom is 2.00 e. The molecule has 0 aliphatic carbocycles. The minimum atomic E-state index is -0.709. The van der Waals surface area contributed by atoms with Crippen molar-refractivity contribution in [3.8, 4) is 0 Å². The van der Waals surface area contributed by atoms with E-state index in [9.17, 15) is 20.4 Å². The molecule has 0 unspecified atom stereocenters. The fourth-order valence-electron chi connectivity index (χ4n) is 4.06. The molecule has 0 saturated carbocycles. The molecule has 0 aromatic heterocycles. The number of rotatable bonds is 12. The Morgan fingerprint density at radius 2 is 0.674 bits per heavy atom. The van der Waals surface area contributed by atoms with Gasteiger partial charge in [0.25, 0.3) is 0 Å². The fourth-order valence-corrected chi connectivity index (χ4v) is 4.06. The summed E-state index contributed by atoms with van der Waals surface area (Å²) in [6, 6.07) is 15.4. The van der Waals surface area contributed by atoms with Crippen LogP contribution in [0.15, 0.2) is 48.5 Å². The first-order valence-electron chi connectivity index (χ1n) is 13.4. The van der Waals surface area contributed by atoms with Gasteiger partial charge in [-0.1, -0.05) is 104 Å². The molecule has 0 heterocycles. The van der Waals surface area contributed by atoms with Crippen LogP contribution in [0.3, 0.4) is 0 Å². The molecule has 0 saturated heterocycles. The van der Waals surface area contributed by atoms with Gasteiger partial charge in [0.2, 0.25) is 0 Å². The summed E-state index contributed by atoms with van der Waals surface area (Å²) in [5.41, 5.74) is 1.06. The molecule has 0 aliphatic heterocycles. The number of hydrogen-bond donors (Lipinski definition) is 4. The van der Waals surface area contributed by atoms with E-state index in [1.54, 1.807) is 55.4 Å². The summed E-state index contributed by atoms with van der Waals surface area (Å²) in [5, 5.41) is 74.2. The van der Waals surface area contributed by atoms with Crippen molar-refractivity contribution in [2.75, 3.05) is 0 Å². The average Bonchev–Trinajstić information content (AvgIpc) is 2.84. The maximum atomic E-state index is 11.3. The second-order valence-corrected chi connectivity index (χ2v) is 13.2. The first-order valence-corrected chi connectivity index (χ1v) is 15.5. The van der Waals surface area contributed by atoms with E-state index in [2.05, 4.69) is 9.69 Å². The minimum absolute atomic E-state index is 0. The predicted molar refractivity (Wildman–Crippen MR) is 160 cm³/mol. The predicted octanol–water partition coefficient (Wildman–Crippen LogP) is 3.68. The van der Waals surface area contributed by atoms with Crippen molar-refractivity contribution >= 4 is 33.3 Å². The van der Waals surface area contributed by atoms with E-state index < -0.39 is 45.3 Å². The van der Waals surface area contributed by atoms with Crippen molar-refractivity contribution in [1.29, 1.82) is 21.6 Å². The molecular formula is C32H44ClN4O4Rh2. The van der Waals surface area contributed by atoms with Crippen molar-refractivity contribution < 1.29 is 57.2 Å². The second kappa shape index (κ2) is 18.0. The first-order chi connectivity index (χ1) is 19.1. The van der Waals surface area contributed by atoms with Gasteiger partial charge in [0.1, 0.15) is 0 Å². The first kappa shape index (κ1) is 43.0. The summed E-state index contributed by atoms with van der Waals surface area (Å²) < 4.78 is 0. The smallest absolute Gasteiger partial charge is 2.00 e. The molecule has 8 nitrogen and oxygen atoms in total. The Balaban J connectivity index is 0. The molecule has 2 aromatic carbocycles. The van der Waals surface area contributed by atoms with Gasteiger partial charge in [-0.05, 0) is 93.2 Å². The number of benzene rings is 2. The van der Waals surface area contributed by atoms with Crippen molar-refractivity contribution in [3.63, 3.8) is 0 Å². The summed E-state index contributed by atoms with van der Waals surface area (Å²) in [4.78, 5) is 0. The van der Waals surface area contributed by atoms with Gasteiger partial charge in [0, 0.05) is 0 Å². The third kappa shape index (κ3) is 14.9. The molecule has 4 N–H and O–H groups in total. The SMILES string of the molecule is CC(C)(Cc1cccc(CC(C)(C)C(=N)[O-])c1)C(=N)[O-].CC(C)(Cc1cccc(CC(C)(C)C(=N)[O-])c1)C(=N)[O-].[Cl][Rh+2].[Rh+2]. The number of halogens is 1. The van der Waals surface area contributed by atoms with E-state index in [0.29, 0.717) is 25.7 Å². The normalized spacial score (nSPS) is 11.5. The zero-order valence-corrected chi connectivity index (χ0v) is 30.2. The second-order valence-electron chi connectivity index (χ2n) is 13.2. The van der Waals surface area contributed by atoms with Gasteiger partial charge in [0.15, 0.2) is 0 Å². The zero-order chi connectivity index (χ0) is 33.1. The number of nitrogens with one attached hydrogen (secondary N) is 4. The monoisotopic (exact) mass is 789 g/mol. The van der Waals surface area contributed by atoms with Gasteiger partial charge >= 0.3 is 46.5 Å². The van der Waals surface area contributed by atoms with Gasteiger partial charge in [0.05, 0.1) is 0 Å². The van der Waals surface area contributed by atoms with E-state index in [4.69, 9.17) is 21.6 Å². The molecule has 0 fully saturated rings. The average molecular weight is 790 g/mol. The van der Waals surface area contributed by atoms with Gasteiger partial charge in [-0.3, -0.25) is 0 Å². The maximum Gasteiger partial charge on any atom is 2.00 e. The van der Waals surface area contributed by atoms with Crippen LogP contribution < -0.4 is 20.4 Å². The molecule has 11 heteroatoms. The summed E-state index contributed by atoms with van der Waals surface area (Å²) >= 11 is 2.02. The van der Waals surface area contributed by atoms with Crippen molar-refractivity contribution in [3.05, 3.63) is 70.8 Å². The molecule has 0 spiro atoms. The van der Waals surface area contributed by atoms with Gasteiger partial charge in [-0.25, -0.2) is 0 Å². The van der Waals surface area contributed by atoms with Crippen LogP contribution in [0.5, 0.6) is 0 Å². The van der Waals surface area contributed by atoms with Crippen LogP contribution in [-0.2, 0) is 62.5 Å². The summed E-state index contributed by atoms with van der Waals surface area (Å²) in [6.07, 6.45) is 1.99.